The van der Waals surface area contributed by atoms with E-state index >= 15 is 0 Å². The Balaban J connectivity index is 1.64. The summed E-state index contributed by atoms with van der Waals surface area (Å²) in [7, 11) is 0. The number of amides is 2. The van der Waals surface area contributed by atoms with Crippen molar-refractivity contribution < 1.29 is 14.5 Å². The number of nitrogens with zero attached hydrogens (tertiary/aromatic N) is 2. The van der Waals surface area contributed by atoms with Gasteiger partial charge >= 0.3 is 0 Å². The maximum absolute atomic E-state index is 12.6. The average Bonchev–Trinajstić information content (AvgIpc) is 2.96. The molecule has 3 rings (SSSR count). The summed E-state index contributed by atoms with van der Waals surface area (Å²) in [6.45, 7) is 3.94. The van der Waals surface area contributed by atoms with Crippen LogP contribution in [0.25, 0.3) is 0 Å². The summed E-state index contributed by atoms with van der Waals surface area (Å²) >= 11 is 0. The quantitative estimate of drug-likeness (QED) is 0.554. The van der Waals surface area contributed by atoms with Gasteiger partial charge in [0.25, 0.3) is 11.6 Å². The third-order valence-corrected chi connectivity index (χ3v) is 5.15. The predicted molar refractivity (Wildman–Crippen MR) is 116 cm³/mol. The van der Waals surface area contributed by atoms with Gasteiger partial charge in [0.2, 0.25) is 5.91 Å². The van der Waals surface area contributed by atoms with E-state index in [1.807, 2.05) is 0 Å². The Morgan fingerprint density at radius 2 is 1.67 bits per heavy atom. The molecule has 1 aliphatic rings. The Morgan fingerprint density at radius 1 is 1.00 bits per heavy atom. The third kappa shape index (κ3) is 5.87. The van der Waals surface area contributed by atoms with E-state index in [1.165, 1.54) is 25.0 Å². The van der Waals surface area contributed by atoms with Crippen LogP contribution in [0, 0.1) is 17.0 Å². The molecule has 0 radical (unpaired) electrons. The second kappa shape index (κ2) is 9.98. The van der Waals surface area contributed by atoms with E-state index < -0.39 is 10.8 Å². The van der Waals surface area contributed by atoms with Crippen LogP contribution in [0.2, 0.25) is 0 Å². The van der Waals surface area contributed by atoms with Gasteiger partial charge in [-0.25, -0.2) is 0 Å². The Labute approximate surface area is 175 Å². The normalized spacial score (nSPS) is 14.6. The number of hydrogen-bond acceptors (Lipinski definition) is 5. The number of nitrogens with one attached hydrogen (secondary N) is 2. The van der Waals surface area contributed by atoms with Gasteiger partial charge in [0.05, 0.1) is 11.5 Å². The minimum absolute atomic E-state index is 0.0881. The van der Waals surface area contributed by atoms with Gasteiger partial charge in [-0.2, -0.15) is 0 Å². The molecule has 0 atom stereocenters. The lowest BCUT2D eigenvalue weighted by atomic mass is 10.1. The molecule has 2 aromatic rings. The molecule has 8 heteroatoms. The molecule has 0 saturated carbocycles. The molecular formula is C22H26N4O4. The molecule has 2 N–H and O–H groups in total. The van der Waals surface area contributed by atoms with E-state index in [2.05, 4.69) is 15.5 Å². The molecule has 1 heterocycles. The monoisotopic (exact) mass is 410 g/mol. The summed E-state index contributed by atoms with van der Waals surface area (Å²) in [4.78, 5) is 37.6. The Morgan fingerprint density at radius 3 is 2.33 bits per heavy atom. The first-order valence-electron chi connectivity index (χ1n) is 10.1. The van der Waals surface area contributed by atoms with E-state index in [4.69, 9.17) is 0 Å². The van der Waals surface area contributed by atoms with Crippen LogP contribution in [0.4, 0.5) is 17.1 Å². The first kappa shape index (κ1) is 21.4. The fourth-order valence-corrected chi connectivity index (χ4v) is 3.54. The average molecular weight is 410 g/mol. The van der Waals surface area contributed by atoms with Crippen molar-refractivity contribution in [3.8, 4) is 0 Å². The van der Waals surface area contributed by atoms with Crippen molar-refractivity contribution in [2.45, 2.75) is 32.6 Å². The molecule has 2 amide bonds. The zero-order valence-electron chi connectivity index (χ0n) is 17.0. The maximum atomic E-state index is 12.6. The van der Waals surface area contributed by atoms with Crippen molar-refractivity contribution in [1.29, 1.82) is 0 Å². The minimum Gasteiger partial charge on any atom is -0.325 e. The van der Waals surface area contributed by atoms with Crippen LogP contribution < -0.4 is 10.6 Å². The minimum atomic E-state index is -0.531. The number of aryl methyl sites for hydroxylation is 1. The zero-order valence-corrected chi connectivity index (χ0v) is 17.0. The smallest absolute Gasteiger partial charge is 0.270 e. The number of likely N-dealkylation sites (tertiary alicyclic amines) is 1. The van der Waals surface area contributed by atoms with Crippen LogP contribution in [0.15, 0.2) is 42.5 Å². The lowest BCUT2D eigenvalue weighted by Gasteiger charge is -2.19. The molecular weight excluding hydrogens is 384 g/mol. The summed E-state index contributed by atoms with van der Waals surface area (Å²) in [5, 5.41) is 16.6. The molecule has 8 nitrogen and oxygen atoms in total. The van der Waals surface area contributed by atoms with Gasteiger partial charge in [-0.3, -0.25) is 24.6 Å². The Kier molecular flexibility index (Phi) is 7.13. The third-order valence-electron chi connectivity index (χ3n) is 5.15. The second-order valence-electron chi connectivity index (χ2n) is 7.53. The fourth-order valence-electron chi connectivity index (χ4n) is 3.54. The van der Waals surface area contributed by atoms with E-state index in [0.29, 0.717) is 23.5 Å². The van der Waals surface area contributed by atoms with E-state index in [0.717, 1.165) is 25.9 Å². The van der Waals surface area contributed by atoms with Gasteiger partial charge in [-0.05, 0) is 56.6 Å². The zero-order chi connectivity index (χ0) is 21.5. The summed E-state index contributed by atoms with van der Waals surface area (Å²) in [6.07, 6.45) is 4.66. The van der Waals surface area contributed by atoms with Crippen LogP contribution in [-0.2, 0) is 4.79 Å². The second-order valence-corrected chi connectivity index (χ2v) is 7.53. The highest BCUT2D eigenvalue weighted by atomic mass is 16.6. The topological polar surface area (TPSA) is 105 Å². The first-order valence-corrected chi connectivity index (χ1v) is 10.1. The van der Waals surface area contributed by atoms with E-state index in [1.54, 1.807) is 37.3 Å². The van der Waals surface area contributed by atoms with Gasteiger partial charge in [-0.15, -0.1) is 0 Å². The first-order chi connectivity index (χ1) is 14.4. The van der Waals surface area contributed by atoms with Crippen molar-refractivity contribution in [2.24, 2.45) is 0 Å². The van der Waals surface area contributed by atoms with Crippen molar-refractivity contribution >= 4 is 28.9 Å². The summed E-state index contributed by atoms with van der Waals surface area (Å²) in [5.41, 5.74) is 1.82. The molecule has 1 saturated heterocycles. The molecule has 0 aliphatic carbocycles. The van der Waals surface area contributed by atoms with Crippen LogP contribution in [0.3, 0.4) is 0 Å². The number of benzene rings is 2. The highest BCUT2D eigenvalue weighted by Crippen LogP contribution is 2.20. The number of anilines is 2. The van der Waals surface area contributed by atoms with Gasteiger partial charge in [0.15, 0.2) is 0 Å². The SMILES string of the molecule is Cc1ccc([N+](=O)[O-])cc1C(=O)Nc1cccc(NC(=O)CN2CCCCCC2)c1. The maximum Gasteiger partial charge on any atom is 0.270 e. The van der Waals surface area contributed by atoms with Gasteiger partial charge in [0, 0.05) is 29.1 Å². The van der Waals surface area contributed by atoms with Gasteiger partial charge in [-0.1, -0.05) is 25.0 Å². The Hall–Kier alpha value is -3.26. The number of non-ortho nitro benzene ring substituents is 1. The van der Waals surface area contributed by atoms with Crippen LogP contribution >= 0.6 is 0 Å². The van der Waals surface area contributed by atoms with E-state index in [-0.39, 0.29) is 17.2 Å². The van der Waals surface area contributed by atoms with Gasteiger partial charge in [0.1, 0.15) is 0 Å². The van der Waals surface area contributed by atoms with Crippen LogP contribution in [0.1, 0.15) is 41.6 Å². The number of nitro benzene ring substituents is 1. The standard InChI is InChI=1S/C22H26N4O4/c1-16-9-10-19(26(29)30)14-20(16)22(28)24-18-8-6-7-17(13-18)23-21(27)15-25-11-4-2-3-5-12-25/h6-10,13-14H,2-5,11-12,15H2,1H3,(H,23,27)(H,24,28). The molecule has 2 aromatic carbocycles. The predicted octanol–water partition coefficient (Wildman–Crippen LogP) is 3.97. The van der Waals surface area contributed by atoms with E-state index in [9.17, 15) is 19.7 Å². The van der Waals surface area contributed by atoms with Crippen LogP contribution in [0.5, 0.6) is 0 Å². The van der Waals surface area contributed by atoms with Crippen molar-refractivity contribution in [1.82, 2.24) is 4.90 Å². The molecule has 158 valence electrons. The number of carbonyl (C=O) groups excluding carboxylic acids is 2. The summed E-state index contributed by atoms with van der Waals surface area (Å²) < 4.78 is 0. The fraction of sp³-hybridized carbons (Fsp3) is 0.364. The molecule has 1 fully saturated rings. The number of rotatable bonds is 6. The summed E-state index contributed by atoms with van der Waals surface area (Å²) in [5.74, 6) is -0.529. The van der Waals surface area contributed by atoms with Gasteiger partial charge < -0.3 is 10.6 Å². The Bertz CT molecular complexity index is 936. The van der Waals surface area contributed by atoms with Crippen molar-refractivity contribution in [3.05, 3.63) is 63.7 Å². The highest BCUT2D eigenvalue weighted by molar-refractivity contribution is 6.06. The molecule has 0 unspecified atom stereocenters. The highest BCUT2D eigenvalue weighted by Gasteiger charge is 2.16. The molecule has 1 aliphatic heterocycles. The lowest BCUT2D eigenvalue weighted by molar-refractivity contribution is -0.384. The van der Waals surface area contributed by atoms with Crippen molar-refractivity contribution in [2.75, 3.05) is 30.3 Å². The number of hydrogen-bond donors (Lipinski definition) is 2. The molecule has 30 heavy (non-hydrogen) atoms. The molecule has 0 spiro atoms. The molecule has 0 aromatic heterocycles. The van der Waals surface area contributed by atoms with Crippen LogP contribution in [-0.4, -0.2) is 41.3 Å². The summed E-state index contributed by atoms with van der Waals surface area (Å²) in [6, 6.07) is 11.0. The number of nitro groups is 1. The van der Waals surface area contributed by atoms with Crippen molar-refractivity contribution in [3.63, 3.8) is 0 Å². The lowest BCUT2D eigenvalue weighted by Crippen LogP contribution is -2.33. The molecule has 0 bridgehead atoms. The number of carbonyl (C=O) groups is 2. The largest absolute Gasteiger partial charge is 0.325 e.